The molecule has 2 saturated heterocycles. The fourth-order valence-electron chi connectivity index (χ4n) is 11.8. The molecule has 2 aromatic rings. The zero-order chi connectivity index (χ0) is 45.2. The van der Waals surface area contributed by atoms with Crippen molar-refractivity contribution in [3.8, 4) is 0 Å². The first-order chi connectivity index (χ1) is 31.1. The van der Waals surface area contributed by atoms with E-state index in [1.807, 2.05) is 11.8 Å². The second-order valence-corrected chi connectivity index (χ2v) is 19.6. The van der Waals surface area contributed by atoms with Crippen molar-refractivity contribution < 1.29 is 19.2 Å². The number of unbranched alkanes of at least 4 members (excludes halogenated alkanes) is 1. The molecular weight excluding hydrogens is 803 g/mol. The quantitative estimate of drug-likeness (QED) is 0.0880. The van der Waals surface area contributed by atoms with E-state index in [1.54, 1.807) is 21.0 Å². The van der Waals surface area contributed by atoms with Gasteiger partial charge < -0.3 is 31.5 Å². The molecule has 2 aliphatic heterocycles. The summed E-state index contributed by atoms with van der Waals surface area (Å²) in [6, 6.07) is 17.3. The average molecular weight is 882 g/mol. The van der Waals surface area contributed by atoms with Gasteiger partial charge in [0.1, 0.15) is 18.2 Å². The lowest BCUT2D eigenvalue weighted by molar-refractivity contribution is -0.139. The molecule has 13 heteroatoms. The number of likely N-dealkylation sites (N-methyl/N-ethyl adjacent to an activating group) is 2. The Morgan fingerprint density at radius 3 is 1.84 bits per heavy atom. The first kappa shape index (κ1) is 48.1. The highest BCUT2D eigenvalue weighted by atomic mass is 16.2. The van der Waals surface area contributed by atoms with Crippen LogP contribution in [0, 0.1) is 5.92 Å². The van der Waals surface area contributed by atoms with Crippen molar-refractivity contribution in [1.82, 2.24) is 40.9 Å². The molecule has 2 aromatic carbocycles. The van der Waals surface area contributed by atoms with Gasteiger partial charge in [-0.3, -0.25) is 34.3 Å². The molecule has 5 aliphatic rings. The molecule has 352 valence electrons. The predicted molar refractivity (Wildman–Crippen MR) is 253 cm³/mol. The summed E-state index contributed by atoms with van der Waals surface area (Å²) in [4.78, 5) is 63.7. The van der Waals surface area contributed by atoms with Crippen LogP contribution >= 0.6 is 0 Å². The average Bonchev–Trinajstić information content (AvgIpc) is 4.16. The third-order valence-electron chi connectivity index (χ3n) is 15.6. The number of likely N-dealkylation sites (tertiary alicyclic amines) is 2. The monoisotopic (exact) mass is 882 g/mol. The third kappa shape index (κ3) is 11.6. The Morgan fingerprint density at radius 1 is 0.641 bits per heavy atom. The summed E-state index contributed by atoms with van der Waals surface area (Å²) in [6.07, 6.45) is 15.7. The summed E-state index contributed by atoms with van der Waals surface area (Å²) in [5.74, 6) is -0.254. The number of carbonyl (C=O) groups excluding carboxylic acids is 4. The maximum atomic E-state index is 14.5. The minimum atomic E-state index is -0.847. The van der Waals surface area contributed by atoms with Crippen LogP contribution in [0.5, 0.6) is 0 Å². The van der Waals surface area contributed by atoms with Gasteiger partial charge in [-0.05, 0) is 153 Å². The first-order valence-corrected chi connectivity index (χ1v) is 25.0. The van der Waals surface area contributed by atoms with Crippen molar-refractivity contribution in [3.05, 3.63) is 70.8 Å². The standard InChI is InChI=1S/C51H79N9O4/c1-35(53-3)48(61)55-36(2)50(63)60-32-15-21-41(60)34-58(45-27-25-38-17-9-11-23-43(38)45)30-13-12-29-57(44-26-24-37-16-8-10-22-42(37)44)33-28-40-20-14-31-59(40)51(64)46(39-18-6-5-7-19-39)56-49(62)47(52)54-4/h8-11,16-17,22-23,35-36,39-41,44-47,53-54H,5-7,12-15,18-21,24-34,52H2,1-4H3,(H,55,61)(H,56,62)/t35-,36-,40-,41-,44?,45?,46?,47+/m0/s1. The smallest absolute Gasteiger partial charge is 0.252 e. The van der Waals surface area contributed by atoms with E-state index >= 15 is 0 Å². The number of hydrogen-bond acceptors (Lipinski definition) is 9. The number of fused-ring (bicyclic) bond motifs is 2. The van der Waals surface area contributed by atoms with E-state index in [0.29, 0.717) is 12.1 Å². The van der Waals surface area contributed by atoms with Crippen LogP contribution in [0.25, 0.3) is 0 Å². The Balaban J connectivity index is 1.02. The van der Waals surface area contributed by atoms with Gasteiger partial charge in [-0.1, -0.05) is 67.8 Å². The minimum Gasteiger partial charge on any atom is -0.343 e. The molecule has 3 unspecified atom stereocenters. The van der Waals surface area contributed by atoms with E-state index in [2.05, 4.69) is 84.5 Å². The number of amides is 4. The molecule has 0 radical (unpaired) electrons. The van der Waals surface area contributed by atoms with Gasteiger partial charge in [-0.25, -0.2) is 0 Å². The Labute approximate surface area is 383 Å². The zero-order valence-corrected chi connectivity index (χ0v) is 39.4. The van der Waals surface area contributed by atoms with Gasteiger partial charge in [-0.15, -0.1) is 0 Å². The number of benzene rings is 2. The lowest BCUT2D eigenvalue weighted by Gasteiger charge is -2.37. The van der Waals surface area contributed by atoms with Crippen LogP contribution in [0.3, 0.4) is 0 Å². The largest absolute Gasteiger partial charge is 0.343 e. The summed E-state index contributed by atoms with van der Waals surface area (Å²) in [5, 5.41) is 11.9. The van der Waals surface area contributed by atoms with E-state index in [1.165, 1.54) is 28.7 Å². The van der Waals surface area contributed by atoms with Crippen LogP contribution in [0.4, 0.5) is 0 Å². The predicted octanol–water partition coefficient (Wildman–Crippen LogP) is 4.80. The van der Waals surface area contributed by atoms with Gasteiger partial charge in [0.05, 0.1) is 6.04 Å². The molecule has 8 atom stereocenters. The fraction of sp³-hybridized carbons (Fsp3) is 0.686. The molecule has 0 spiro atoms. The van der Waals surface area contributed by atoms with Gasteiger partial charge in [0.25, 0.3) is 5.91 Å². The highest BCUT2D eigenvalue weighted by Gasteiger charge is 2.40. The van der Waals surface area contributed by atoms with E-state index in [0.717, 1.165) is 136 Å². The molecule has 3 fully saturated rings. The Kier molecular flexibility index (Phi) is 17.3. The summed E-state index contributed by atoms with van der Waals surface area (Å²) >= 11 is 0. The van der Waals surface area contributed by atoms with Crippen molar-refractivity contribution in [1.29, 1.82) is 0 Å². The summed E-state index contributed by atoms with van der Waals surface area (Å²) < 4.78 is 0. The molecule has 7 rings (SSSR count). The second kappa shape index (κ2) is 23.0. The number of nitrogens with one attached hydrogen (secondary N) is 4. The fourth-order valence-corrected chi connectivity index (χ4v) is 11.8. The van der Waals surface area contributed by atoms with Crippen LogP contribution in [-0.4, -0.2) is 133 Å². The van der Waals surface area contributed by atoms with Gasteiger partial charge in [0.15, 0.2) is 0 Å². The Bertz CT molecular complexity index is 1870. The van der Waals surface area contributed by atoms with Crippen molar-refractivity contribution in [2.45, 2.75) is 165 Å². The lowest BCUT2D eigenvalue weighted by Crippen LogP contribution is -2.58. The van der Waals surface area contributed by atoms with Crippen LogP contribution in [-0.2, 0) is 32.0 Å². The first-order valence-electron chi connectivity index (χ1n) is 25.0. The SMILES string of the molecule is CN[C@@H](C)C(=O)N[C@@H](C)C(=O)N1CCC[C@H]1CN(CCCCN(CC[C@@H]1CCCN1C(=O)C(NC(=O)[C@H](N)NC)C1CCCCC1)C1CCc2ccccc21)C1CCc2ccccc21. The van der Waals surface area contributed by atoms with Crippen molar-refractivity contribution >= 4 is 23.6 Å². The minimum absolute atomic E-state index is 0.00758. The molecule has 2 heterocycles. The summed E-state index contributed by atoms with van der Waals surface area (Å²) in [6.45, 7) is 8.76. The van der Waals surface area contributed by atoms with Crippen molar-refractivity contribution in [2.75, 3.05) is 53.4 Å². The highest BCUT2D eigenvalue weighted by Crippen LogP contribution is 2.39. The van der Waals surface area contributed by atoms with E-state index in [4.69, 9.17) is 5.73 Å². The molecular formula is C51H79N9O4. The van der Waals surface area contributed by atoms with Crippen molar-refractivity contribution in [2.24, 2.45) is 11.7 Å². The molecule has 3 aliphatic carbocycles. The molecule has 6 N–H and O–H groups in total. The second-order valence-electron chi connectivity index (χ2n) is 19.6. The molecule has 4 amide bonds. The van der Waals surface area contributed by atoms with Crippen LogP contribution in [0.1, 0.15) is 138 Å². The van der Waals surface area contributed by atoms with Gasteiger partial charge in [0.2, 0.25) is 17.7 Å². The molecule has 13 nitrogen and oxygen atoms in total. The molecule has 64 heavy (non-hydrogen) atoms. The van der Waals surface area contributed by atoms with Gasteiger partial charge in [0, 0.05) is 50.3 Å². The number of nitrogens with zero attached hydrogens (tertiary/aromatic N) is 4. The highest BCUT2D eigenvalue weighted by molar-refractivity contribution is 5.90. The van der Waals surface area contributed by atoms with E-state index < -0.39 is 18.2 Å². The lowest BCUT2D eigenvalue weighted by atomic mass is 9.83. The number of aryl methyl sites for hydroxylation is 2. The van der Waals surface area contributed by atoms with Gasteiger partial charge in [-0.2, -0.15) is 0 Å². The summed E-state index contributed by atoms with van der Waals surface area (Å²) in [5.41, 5.74) is 11.8. The Morgan fingerprint density at radius 2 is 1.22 bits per heavy atom. The normalized spacial score (nSPS) is 24.1. The van der Waals surface area contributed by atoms with Crippen molar-refractivity contribution in [3.63, 3.8) is 0 Å². The van der Waals surface area contributed by atoms with Crippen LogP contribution in [0.2, 0.25) is 0 Å². The topological polar surface area (TPSA) is 155 Å². The maximum Gasteiger partial charge on any atom is 0.252 e. The molecule has 0 bridgehead atoms. The number of carbonyl (C=O) groups is 4. The number of rotatable bonds is 21. The number of nitrogens with two attached hydrogens (primary N) is 1. The third-order valence-corrected chi connectivity index (χ3v) is 15.6. The van der Waals surface area contributed by atoms with E-state index in [9.17, 15) is 19.2 Å². The van der Waals surface area contributed by atoms with Crippen LogP contribution in [0.15, 0.2) is 48.5 Å². The Hall–Kier alpha value is -3.88. The van der Waals surface area contributed by atoms with Crippen LogP contribution < -0.4 is 27.0 Å². The molecule has 1 saturated carbocycles. The summed E-state index contributed by atoms with van der Waals surface area (Å²) in [7, 11) is 3.42. The zero-order valence-electron chi connectivity index (χ0n) is 39.4. The molecule has 0 aromatic heterocycles. The maximum absolute atomic E-state index is 14.5. The number of hydrogen-bond donors (Lipinski definition) is 5. The van der Waals surface area contributed by atoms with Gasteiger partial charge >= 0.3 is 0 Å². The van der Waals surface area contributed by atoms with E-state index in [-0.39, 0.29) is 47.7 Å².